The summed E-state index contributed by atoms with van der Waals surface area (Å²) < 4.78 is 61.3. The van der Waals surface area contributed by atoms with Crippen molar-refractivity contribution in [2.75, 3.05) is 39.0 Å². The van der Waals surface area contributed by atoms with Gasteiger partial charge in [0.05, 0.1) is 11.4 Å². The van der Waals surface area contributed by atoms with Crippen LogP contribution in [0.4, 0.5) is 4.79 Å². The third-order valence-electron chi connectivity index (χ3n) is 7.34. The van der Waals surface area contributed by atoms with E-state index in [0.717, 1.165) is 23.5 Å². The molecule has 2 aliphatic rings. The van der Waals surface area contributed by atoms with Crippen molar-refractivity contribution < 1.29 is 31.2 Å². The molecule has 2 amide bonds. The summed E-state index contributed by atoms with van der Waals surface area (Å²) in [7, 11) is -6.22. The maximum absolute atomic E-state index is 13.8. The summed E-state index contributed by atoms with van der Waals surface area (Å²) in [6.07, 6.45) is -0.531. The molecule has 1 aromatic carbocycles. The van der Waals surface area contributed by atoms with E-state index in [4.69, 9.17) is 16.3 Å². The minimum atomic E-state index is -4.17. The molecule has 0 aliphatic carbocycles. The van der Waals surface area contributed by atoms with E-state index >= 15 is 0 Å². The Balaban J connectivity index is 1.39. The van der Waals surface area contributed by atoms with Crippen LogP contribution in [0.2, 0.25) is 5.02 Å². The summed E-state index contributed by atoms with van der Waals surface area (Å²) in [6, 6.07) is 5.67. The Morgan fingerprint density at radius 2 is 1.91 bits per heavy atom. The number of nitrogens with one attached hydrogen (secondary N) is 2. The number of aromatic nitrogens is 2. The summed E-state index contributed by atoms with van der Waals surface area (Å²) in [5.41, 5.74) is 0.560. The molecule has 17 heteroatoms. The molecule has 0 bridgehead atoms. The van der Waals surface area contributed by atoms with Gasteiger partial charge in [-0.2, -0.15) is 4.31 Å². The van der Waals surface area contributed by atoms with E-state index in [0.29, 0.717) is 22.5 Å². The highest BCUT2D eigenvalue weighted by molar-refractivity contribution is 7.90. The molecule has 2 aromatic heterocycles. The average molecular weight is 687 g/mol. The molecule has 4 heterocycles. The zero-order valence-corrected chi connectivity index (χ0v) is 28.0. The second-order valence-corrected chi connectivity index (χ2v) is 17.2. The summed E-state index contributed by atoms with van der Waals surface area (Å²) in [6.45, 7) is 6.20. The fourth-order valence-electron chi connectivity index (χ4n) is 5.22. The van der Waals surface area contributed by atoms with Gasteiger partial charge in [0.2, 0.25) is 10.0 Å². The SMILES string of the molecule is CN1CCc2nc(C(=O)N3CCN(S(=O)(=O)c4cc5cc(Cl)ccc5[nH]4)CC3CCS(=O)(=O)NC(=O)OC(C)(C)C)sc2C1. The third-order valence-corrected chi connectivity index (χ3v) is 11.7. The molecule has 44 heavy (non-hydrogen) atoms. The van der Waals surface area contributed by atoms with Gasteiger partial charge in [0, 0.05) is 66.0 Å². The van der Waals surface area contributed by atoms with Crippen molar-refractivity contribution in [3.8, 4) is 0 Å². The first-order valence-corrected chi connectivity index (χ1v) is 18.3. The van der Waals surface area contributed by atoms with Crippen LogP contribution in [0, 0.1) is 0 Å². The van der Waals surface area contributed by atoms with Crippen LogP contribution in [0.3, 0.4) is 0 Å². The largest absolute Gasteiger partial charge is 0.443 e. The predicted octanol–water partition coefficient (Wildman–Crippen LogP) is 3.03. The highest BCUT2D eigenvalue weighted by Gasteiger charge is 2.39. The first kappa shape index (κ1) is 32.6. The Morgan fingerprint density at radius 3 is 2.64 bits per heavy atom. The summed E-state index contributed by atoms with van der Waals surface area (Å²) in [5.74, 6) is -0.926. The summed E-state index contributed by atoms with van der Waals surface area (Å²) in [5, 5.41) is 1.33. The Hall–Kier alpha value is -2.76. The first-order valence-electron chi connectivity index (χ1n) is 14.0. The number of carbonyl (C=O) groups is 2. The number of amides is 2. The molecule has 5 rings (SSSR count). The van der Waals surface area contributed by atoms with E-state index < -0.39 is 43.5 Å². The van der Waals surface area contributed by atoms with Gasteiger partial charge in [-0.25, -0.2) is 31.3 Å². The number of nitrogens with zero attached hydrogens (tertiary/aromatic N) is 4. The number of halogens is 1. The van der Waals surface area contributed by atoms with Crippen LogP contribution in [0.5, 0.6) is 0 Å². The predicted molar refractivity (Wildman–Crippen MR) is 167 cm³/mol. The molecule has 0 radical (unpaired) electrons. The highest BCUT2D eigenvalue weighted by atomic mass is 35.5. The molecular weight excluding hydrogens is 652 g/mol. The second-order valence-electron chi connectivity index (χ2n) is 12.0. The molecular formula is C27H35ClN6O7S3. The number of piperazine rings is 1. The van der Waals surface area contributed by atoms with Crippen molar-refractivity contribution in [2.45, 2.75) is 56.8 Å². The standard InChI is InChI=1S/C27H35ClN6O7S3/c1-27(2,3)41-26(36)31-43(37,38)12-8-19-15-33(44(39,40)23-14-17-13-18(28)5-6-20(17)29-23)10-11-34(19)25(35)24-30-21-7-9-32(4)16-22(21)42-24/h5-6,13-14,19,29H,7-12,15-16H2,1-4H3,(H,31,36). The van der Waals surface area contributed by atoms with Crippen molar-refractivity contribution in [1.82, 2.24) is 28.8 Å². The molecule has 1 saturated heterocycles. The van der Waals surface area contributed by atoms with Gasteiger partial charge in [0.1, 0.15) is 10.6 Å². The van der Waals surface area contributed by atoms with Crippen molar-refractivity contribution in [2.24, 2.45) is 0 Å². The van der Waals surface area contributed by atoms with Gasteiger partial charge in [0.25, 0.3) is 15.9 Å². The van der Waals surface area contributed by atoms with Gasteiger partial charge in [-0.05, 0) is 58.5 Å². The number of likely N-dealkylation sites (N-methyl/N-ethyl adjacent to an activating group) is 1. The number of hydrogen-bond donors (Lipinski definition) is 2. The number of hydrogen-bond acceptors (Lipinski definition) is 10. The lowest BCUT2D eigenvalue weighted by atomic mass is 10.1. The van der Waals surface area contributed by atoms with Crippen LogP contribution in [0.25, 0.3) is 10.9 Å². The van der Waals surface area contributed by atoms with E-state index in [9.17, 15) is 26.4 Å². The topological polar surface area (TPSA) is 162 Å². The number of ether oxygens (including phenoxy) is 1. The number of sulfonamides is 2. The Labute approximate surface area is 265 Å². The quantitative estimate of drug-likeness (QED) is 0.381. The molecule has 1 fully saturated rings. The van der Waals surface area contributed by atoms with Crippen LogP contribution in [-0.4, -0.2) is 104 Å². The number of fused-ring (bicyclic) bond motifs is 2. The fourth-order valence-corrected chi connectivity index (χ4v) is 9.01. The minimum Gasteiger partial charge on any atom is -0.443 e. The van der Waals surface area contributed by atoms with Crippen molar-refractivity contribution in [3.05, 3.63) is 44.9 Å². The molecule has 1 unspecified atom stereocenters. The van der Waals surface area contributed by atoms with Gasteiger partial charge < -0.3 is 19.5 Å². The number of H-pyrrole nitrogens is 1. The lowest BCUT2D eigenvalue weighted by molar-refractivity contribution is 0.0547. The molecule has 3 aromatic rings. The lowest BCUT2D eigenvalue weighted by Gasteiger charge is -2.40. The fraction of sp³-hybridized carbons (Fsp3) is 0.519. The zero-order chi connectivity index (χ0) is 32.0. The normalized spacial score (nSPS) is 18.8. The van der Waals surface area contributed by atoms with Gasteiger partial charge in [-0.15, -0.1) is 11.3 Å². The van der Waals surface area contributed by atoms with Crippen LogP contribution in [0.1, 0.15) is 47.6 Å². The van der Waals surface area contributed by atoms with Gasteiger partial charge in [-0.3, -0.25) is 4.79 Å². The summed E-state index contributed by atoms with van der Waals surface area (Å²) in [4.78, 5) is 38.1. The number of thiazole rings is 1. The van der Waals surface area contributed by atoms with E-state index in [1.165, 1.54) is 26.6 Å². The van der Waals surface area contributed by atoms with Crippen molar-refractivity contribution >= 4 is 65.9 Å². The lowest BCUT2D eigenvalue weighted by Crippen LogP contribution is -2.57. The number of aromatic amines is 1. The molecule has 0 saturated carbocycles. The van der Waals surface area contributed by atoms with E-state index in [1.807, 2.05) is 11.8 Å². The Kier molecular flexibility index (Phi) is 9.05. The number of carbonyl (C=O) groups excluding carboxylic acids is 2. The summed E-state index contributed by atoms with van der Waals surface area (Å²) >= 11 is 7.38. The highest BCUT2D eigenvalue weighted by Crippen LogP contribution is 2.29. The first-order chi connectivity index (χ1) is 20.5. The molecule has 2 N–H and O–H groups in total. The maximum Gasteiger partial charge on any atom is 0.421 e. The van der Waals surface area contributed by atoms with Gasteiger partial charge in [-0.1, -0.05) is 11.6 Å². The second kappa shape index (κ2) is 12.2. The third kappa shape index (κ3) is 7.37. The molecule has 13 nitrogen and oxygen atoms in total. The molecule has 2 aliphatic heterocycles. The molecule has 1 atom stereocenters. The van der Waals surface area contributed by atoms with Crippen LogP contribution in [-0.2, 0) is 37.7 Å². The maximum atomic E-state index is 13.8. The van der Waals surface area contributed by atoms with Crippen LogP contribution < -0.4 is 4.72 Å². The minimum absolute atomic E-state index is 0.00255. The number of rotatable bonds is 7. The van der Waals surface area contributed by atoms with Crippen LogP contribution >= 0.6 is 22.9 Å². The van der Waals surface area contributed by atoms with Gasteiger partial charge in [0.15, 0.2) is 5.01 Å². The van der Waals surface area contributed by atoms with Crippen LogP contribution in [0.15, 0.2) is 29.3 Å². The van der Waals surface area contributed by atoms with E-state index in [1.54, 1.807) is 39.0 Å². The van der Waals surface area contributed by atoms with Gasteiger partial charge >= 0.3 is 6.09 Å². The Bertz CT molecular complexity index is 1800. The smallest absolute Gasteiger partial charge is 0.421 e. The van der Waals surface area contributed by atoms with E-state index in [-0.39, 0.29) is 42.0 Å². The Morgan fingerprint density at radius 1 is 1.16 bits per heavy atom. The van der Waals surface area contributed by atoms with E-state index in [2.05, 4.69) is 14.9 Å². The molecule has 0 spiro atoms. The number of benzene rings is 1. The molecule has 240 valence electrons. The van der Waals surface area contributed by atoms with Crippen molar-refractivity contribution in [1.29, 1.82) is 0 Å². The van der Waals surface area contributed by atoms with Crippen molar-refractivity contribution in [3.63, 3.8) is 0 Å². The average Bonchev–Trinajstić information content (AvgIpc) is 3.54. The monoisotopic (exact) mass is 686 g/mol. The zero-order valence-electron chi connectivity index (χ0n) is 24.8.